The van der Waals surface area contributed by atoms with Gasteiger partial charge in [-0.1, -0.05) is 23.2 Å². The zero-order valence-electron chi connectivity index (χ0n) is 8.37. The van der Waals surface area contributed by atoms with Crippen molar-refractivity contribution in [3.05, 3.63) is 28.2 Å². The monoisotopic (exact) mass is 263 g/mol. The molecule has 0 saturated carbocycles. The molecule has 0 atom stereocenters. The second-order valence-corrected chi connectivity index (χ2v) is 3.84. The zero-order valence-corrected chi connectivity index (χ0v) is 9.88. The van der Waals surface area contributed by atoms with Gasteiger partial charge in [-0.3, -0.25) is 4.79 Å². The maximum atomic E-state index is 10.2. The minimum atomic E-state index is -0.899. The Morgan fingerprint density at radius 2 is 2.19 bits per heavy atom. The van der Waals surface area contributed by atoms with Crippen LogP contribution in [-0.2, 0) is 4.79 Å². The minimum absolute atomic E-state index is 0.0856. The minimum Gasteiger partial charge on any atom is -0.491 e. The quantitative estimate of drug-likeness (QED) is 0.772. The molecular formula is C10H11Cl2NO3. The summed E-state index contributed by atoms with van der Waals surface area (Å²) in [5.41, 5.74) is 0. The SMILES string of the molecule is O=C(O)CNCCOc1ccc(Cl)cc1Cl. The van der Waals surface area contributed by atoms with Gasteiger partial charge >= 0.3 is 5.97 Å². The number of carbonyl (C=O) groups is 1. The fourth-order valence-electron chi connectivity index (χ4n) is 1.02. The van der Waals surface area contributed by atoms with E-state index in [1.165, 1.54) is 0 Å². The van der Waals surface area contributed by atoms with Crippen LogP contribution in [-0.4, -0.2) is 30.8 Å². The van der Waals surface area contributed by atoms with Crippen molar-refractivity contribution in [1.29, 1.82) is 0 Å². The van der Waals surface area contributed by atoms with Crippen molar-refractivity contribution in [2.24, 2.45) is 0 Å². The Balaban J connectivity index is 2.29. The van der Waals surface area contributed by atoms with Crippen molar-refractivity contribution < 1.29 is 14.6 Å². The van der Waals surface area contributed by atoms with Crippen molar-refractivity contribution in [2.75, 3.05) is 19.7 Å². The van der Waals surface area contributed by atoms with Crippen LogP contribution in [0.15, 0.2) is 18.2 Å². The predicted octanol–water partition coefficient (Wildman–Crippen LogP) is 2.05. The number of hydrogen-bond acceptors (Lipinski definition) is 3. The van der Waals surface area contributed by atoms with Crippen LogP contribution < -0.4 is 10.1 Å². The van der Waals surface area contributed by atoms with E-state index in [2.05, 4.69) is 5.32 Å². The summed E-state index contributed by atoms with van der Waals surface area (Å²) in [5, 5.41) is 12.0. The summed E-state index contributed by atoms with van der Waals surface area (Å²) in [6, 6.07) is 4.93. The van der Waals surface area contributed by atoms with E-state index >= 15 is 0 Å². The third kappa shape index (κ3) is 4.70. The molecule has 0 radical (unpaired) electrons. The highest BCUT2D eigenvalue weighted by Crippen LogP contribution is 2.27. The van der Waals surface area contributed by atoms with E-state index in [9.17, 15) is 4.79 Å². The first kappa shape index (κ1) is 13.1. The molecule has 0 aliphatic rings. The molecule has 0 spiro atoms. The van der Waals surface area contributed by atoms with Crippen LogP contribution in [0.25, 0.3) is 0 Å². The molecule has 4 nitrogen and oxygen atoms in total. The summed E-state index contributed by atoms with van der Waals surface area (Å²) in [4.78, 5) is 10.2. The number of rotatable bonds is 6. The van der Waals surface area contributed by atoms with Gasteiger partial charge in [-0.2, -0.15) is 0 Å². The fraction of sp³-hybridized carbons (Fsp3) is 0.300. The Morgan fingerprint density at radius 3 is 2.81 bits per heavy atom. The molecule has 1 aromatic carbocycles. The Kier molecular flexibility index (Phi) is 5.38. The van der Waals surface area contributed by atoms with Crippen LogP contribution in [0.4, 0.5) is 0 Å². The van der Waals surface area contributed by atoms with Gasteiger partial charge in [0.05, 0.1) is 11.6 Å². The van der Waals surface area contributed by atoms with Crippen molar-refractivity contribution in [1.82, 2.24) is 5.32 Å². The van der Waals surface area contributed by atoms with Gasteiger partial charge in [0.15, 0.2) is 0 Å². The average Bonchev–Trinajstić information content (AvgIpc) is 2.20. The average molecular weight is 264 g/mol. The molecule has 0 aliphatic heterocycles. The van der Waals surface area contributed by atoms with Crippen LogP contribution in [0.1, 0.15) is 0 Å². The molecule has 16 heavy (non-hydrogen) atoms. The highest BCUT2D eigenvalue weighted by atomic mass is 35.5. The molecule has 0 fully saturated rings. The number of aliphatic carboxylic acids is 1. The molecule has 0 amide bonds. The van der Waals surface area contributed by atoms with Crippen molar-refractivity contribution >= 4 is 29.2 Å². The molecule has 88 valence electrons. The van der Waals surface area contributed by atoms with Crippen molar-refractivity contribution in [3.8, 4) is 5.75 Å². The number of carboxylic acids is 1. The molecule has 1 rings (SSSR count). The summed E-state index contributed by atoms with van der Waals surface area (Å²) >= 11 is 11.6. The van der Waals surface area contributed by atoms with E-state index in [0.717, 1.165) is 0 Å². The second-order valence-electron chi connectivity index (χ2n) is 2.99. The van der Waals surface area contributed by atoms with Crippen molar-refractivity contribution in [2.45, 2.75) is 0 Å². The molecule has 0 heterocycles. The Bertz CT molecular complexity index is 371. The highest BCUT2D eigenvalue weighted by molar-refractivity contribution is 6.35. The largest absolute Gasteiger partial charge is 0.491 e. The number of ether oxygens (including phenoxy) is 1. The fourth-order valence-corrected chi connectivity index (χ4v) is 1.48. The van der Waals surface area contributed by atoms with Crippen LogP contribution >= 0.6 is 23.2 Å². The number of halogens is 2. The number of carboxylic acid groups (broad SMARTS) is 1. The third-order valence-electron chi connectivity index (χ3n) is 1.71. The van der Waals surface area contributed by atoms with Gasteiger partial charge in [0.1, 0.15) is 12.4 Å². The molecule has 0 saturated heterocycles. The Morgan fingerprint density at radius 1 is 1.44 bits per heavy atom. The Hall–Kier alpha value is -0.970. The van der Waals surface area contributed by atoms with Crippen molar-refractivity contribution in [3.63, 3.8) is 0 Å². The van der Waals surface area contributed by atoms with Gasteiger partial charge in [0.2, 0.25) is 0 Å². The summed E-state index contributed by atoms with van der Waals surface area (Å²) < 4.78 is 5.33. The van der Waals surface area contributed by atoms with E-state index in [1.54, 1.807) is 18.2 Å². The molecule has 6 heteroatoms. The molecule has 1 aromatic rings. The van der Waals surface area contributed by atoms with E-state index in [0.29, 0.717) is 28.9 Å². The maximum absolute atomic E-state index is 10.2. The van der Waals surface area contributed by atoms with Crippen LogP contribution in [0.5, 0.6) is 5.75 Å². The molecular weight excluding hydrogens is 253 g/mol. The lowest BCUT2D eigenvalue weighted by atomic mass is 10.3. The summed E-state index contributed by atoms with van der Waals surface area (Å²) in [7, 11) is 0. The first-order valence-electron chi connectivity index (χ1n) is 4.60. The predicted molar refractivity (Wildman–Crippen MR) is 62.5 cm³/mol. The van der Waals surface area contributed by atoms with E-state index < -0.39 is 5.97 Å². The molecule has 0 aromatic heterocycles. The van der Waals surface area contributed by atoms with Crippen LogP contribution in [0.3, 0.4) is 0 Å². The van der Waals surface area contributed by atoms with E-state index in [4.69, 9.17) is 33.0 Å². The Labute approximate surface area is 103 Å². The highest BCUT2D eigenvalue weighted by Gasteiger charge is 2.02. The molecule has 2 N–H and O–H groups in total. The van der Waals surface area contributed by atoms with Gasteiger partial charge in [-0.25, -0.2) is 0 Å². The van der Waals surface area contributed by atoms with Gasteiger partial charge in [-0.05, 0) is 18.2 Å². The standard InChI is InChI=1S/C10H11Cl2NO3/c11-7-1-2-9(8(12)5-7)16-4-3-13-6-10(14)15/h1-2,5,13H,3-4,6H2,(H,14,15). The normalized spacial score (nSPS) is 10.1. The van der Waals surface area contributed by atoms with Gasteiger partial charge in [0.25, 0.3) is 0 Å². The zero-order chi connectivity index (χ0) is 12.0. The van der Waals surface area contributed by atoms with E-state index in [1.807, 2.05) is 0 Å². The van der Waals surface area contributed by atoms with Crippen LogP contribution in [0.2, 0.25) is 10.0 Å². The third-order valence-corrected chi connectivity index (χ3v) is 2.24. The topological polar surface area (TPSA) is 58.6 Å². The van der Waals surface area contributed by atoms with Gasteiger partial charge < -0.3 is 15.2 Å². The smallest absolute Gasteiger partial charge is 0.317 e. The van der Waals surface area contributed by atoms with Gasteiger partial charge in [-0.15, -0.1) is 0 Å². The number of nitrogens with one attached hydrogen (secondary N) is 1. The summed E-state index contributed by atoms with van der Waals surface area (Å²) in [5.74, 6) is -0.368. The maximum Gasteiger partial charge on any atom is 0.317 e. The van der Waals surface area contributed by atoms with E-state index in [-0.39, 0.29) is 6.54 Å². The molecule has 0 unspecified atom stereocenters. The number of benzene rings is 1. The van der Waals surface area contributed by atoms with Gasteiger partial charge in [0, 0.05) is 11.6 Å². The summed E-state index contributed by atoms with van der Waals surface area (Å²) in [6.07, 6.45) is 0. The lowest BCUT2D eigenvalue weighted by Gasteiger charge is -2.08. The number of hydrogen-bond donors (Lipinski definition) is 2. The second kappa shape index (κ2) is 6.58. The lowest BCUT2D eigenvalue weighted by molar-refractivity contribution is -0.135. The first-order valence-corrected chi connectivity index (χ1v) is 5.35. The van der Waals surface area contributed by atoms with Crippen LogP contribution in [0, 0.1) is 0 Å². The lowest BCUT2D eigenvalue weighted by Crippen LogP contribution is -2.26. The first-order chi connectivity index (χ1) is 7.59. The summed E-state index contributed by atoms with van der Waals surface area (Å²) in [6.45, 7) is 0.692. The molecule has 0 bridgehead atoms. The molecule has 0 aliphatic carbocycles.